The van der Waals surface area contributed by atoms with E-state index in [-0.39, 0.29) is 0 Å². The van der Waals surface area contributed by atoms with Gasteiger partial charge in [-0.1, -0.05) is 54.3 Å². The lowest BCUT2D eigenvalue weighted by molar-refractivity contribution is 1.20. The van der Waals surface area contributed by atoms with E-state index in [0.717, 1.165) is 10.0 Å². The summed E-state index contributed by atoms with van der Waals surface area (Å²) in [6, 6.07) is 12.5. The van der Waals surface area contributed by atoms with Crippen molar-refractivity contribution in [1.82, 2.24) is 5.32 Å². The molecule has 2 aromatic rings. The summed E-state index contributed by atoms with van der Waals surface area (Å²) < 4.78 is 0.840. The van der Waals surface area contributed by atoms with Crippen LogP contribution in [0.3, 0.4) is 0 Å². The Morgan fingerprint density at radius 2 is 1.94 bits per heavy atom. The van der Waals surface area contributed by atoms with E-state index < -0.39 is 0 Å². The first kappa shape index (κ1) is 12.0. The van der Waals surface area contributed by atoms with E-state index in [1.807, 2.05) is 18.2 Å². The zero-order valence-corrected chi connectivity index (χ0v) is 11.9. The zero-order chi connectivity index (χ0) is 12.4. The van der Waals surface area contributed by atoms with Gasteiger partial charge >= 0.3 is 0 Å². The molecule has 0 radical (unpaired) electrons. The topological polar surface area (TPSA) is 12.0 Å². The van der Waals surface area contributed by atoms with E-state index in [2.05, 4.69) is 40.4 Å². The molecule has 0 saturated carbocycles. The van der Waals surface area contributed by atoms with Gasteiger partial charge < -0.3 is 5.32 Å². The average molecular weight is 289 g/mol. The molecule has 3 rings (SSSR count). The van der Waals surface area contributed by atoms with E-state index in [0.29, 0.717) is 5.25 Å². The van der Waals surface area contributed by atoms with Gasteiger partial charge in [-0.3, -0.25) is 0 Å². The predicted molar refractivity (Wildman–Crippen MR) is 84.8 cm³/mol. The number of nitrogens with one attached hydrogen (secondary N) is 1. The van der Waals surface area contributed by atoms with Crippen molar-refractivity contribution < 1.29 is 0 Å². The molecule has 1 nitrogen and oxygen atoms in total. The first-order valence-electron chi connectivity index (χ1n) is 5.60. The number of hydrogen-bond acceptors (Lipinski definition) is 3. The summed E-state index contributed by atoms with van der Waals surface area (Å²) in [6.07, 6.45) is 2.25. The van der Waals surface area contributed by atoms with Crippen molar-refractivity contribution in [2.45, 2.75) is 5.25 Å². The number of hydrogen-bond donors (Lipinski definition) is 1. The van der Waals surface area contributed by atoms with Gasteiger partial charge in [-0.25, -0.2) is 0 Å². The molecule has 1 N–H and O–H groups in total. The van der Waals surface area contributed by atoms with Crippen LogP contribution >= 0.6 is 35.3 Å². The maximum absolute atomic E-state index is 5.35. The fraction of sp³-hybridized carbons (Fsp3) is 0.0714. The molecular formula is C14H11NS3. The molecule has 0 aliphatic carbocycles. The molecule has 0 unspecified atom stereocenters. The van der Waals surface area contributed by atoms with Crippen LogP contribution in [0.4, 0.5) is 0 Å². The molecular weight excluding hydrogens is 278 g/mol. The highest BCUT2D eigenvalue weighted by atomic mass is 32.2. The monoisotopic (exact) mass is 289 g/mol. The van der Waals surface area contributed by atoms with Crippen LogP contribution in [0, 0.1) is 0 Å². The second kappa shape index (κ2) is 5.26. The Labute approximate surface area is 120 Å². The summed E-state index contributed by atoms with van der Waals surface area (Å²) in [5, 5.41) is 7.90. The van der Waals surface area contributed by atoms with Crippen LogP contribution in [-0.4, -0.2) is 4.32 Å². The third-order valence-corrected chi connectivity index (χ3v) is 4.82. The molecule has 0 amide bonds. The van der Waals surface area contributed by atoms with Gasteiger partial charge in [-0.05, 0) is 34.0 Å². The van der Waals surface area contributed by atoms with Crippen LogP contribution in [-0.2, 0) is 0 Å². The smallest absolute Gasteiger partial charge is 0.139 e. The fourth-order valence-electron chi connectivity index (χ4n) is 1.87. The molecule has 90 valence electrons. The Bertz CT molecular complexity index is 572. The summed E-state index contributed by atoms with van der Waals surface area (Å²) in [7, 11) is 0. The third-order valence-electron chi connectivity index (χ3n) is 2.75. The van der Waals surface area contributed by atoms with E-state index in [4.69, 9.17) is 12.2 Å². The molecule has 0 bridgehead atoms. The van der Waals surface area contributed by atoms with E-state index in [1.165, 1.54) is 11.1 Å². The normalized spacial score (nSPS) is 19.2. The standard InChI is InChI=1S/C14H11NS3/c16-14-15-12(10-4-2-1-3-5-10)8-13(18-14)11-6-7-17-9-11/h1-9,13H,(H,15,16)/t13-/m0/s1. The third kappa shape index (κ3) is 2.51. The fourth-order valence-corrected chi connectivity index (χ4v) is 3.96. The Morgan fingerprint density at radius 3 is 2.67 bits per heavy atom. The number of thiocarbonyl (C=S) groups is 1. The SMILES string of the molecule is S=C1NC(c2ccccc2)=C[C@@H](c2ccsc2)S1. The molecule has 18 heavy (non-hydrogen) atoms. The Hall–Kier alpha value is -1.10. The van der Waals surface area contributed by atoms with Crippen molar-refractivity contribution in [3.63, 3.8) is 0 Å². The highest BCUT2D eigenvalue weighted by molar-refractivity contribution is 8.23. The van der Waals surface area contributed by atoms with Gasteiger partial charge in [0.05, 0.1) is 5.25 Å². The van der Waals surface area contributed by atoms with Crippen LogP contribution in [0.25, 0.3) is 5.70 Å². The number of benzene rings is 1. The van der Waals surface area contributed by atoms with Crippen molar-refractivity contribution in [2.24, 2.45) is 0 Å². The summed E-state index contributed by atoms with van der Waals surface area (Å²) in [4.78, 5) is 0. The number of thiophene rings is 1. The highest BCUT2D eigenvalue weighted by Crippen LogP contribution is 2.37. The minimum absolute atomic E-state index is 0.320. The van der Waals surface area contributed by atoms with Crippen molar-refractivity contribution in [3.05, 3.63) is 64.4 Å². The van der Waals surface area contributed by atoms with E-state index in [9.17, 15) is 0 Å². The zero-order valence-electron chi connectivity index (χ0n) is 9.50. The number of thioether (sulfide) groups is 1. The minimum atomic E-state index is 0.320. The summed E-state index contributed by atoms with van der Waals surface area (Å²) in [5.74, 6) is 0. The van der Waals surface area contributed by atoms with Gasteiger partial charge in [-0.15, -0.1) is 0 Å². The lowest BCUT2D eigenvalue weighted by Gasteiger charge is -2.22. The van der Waals surface area contributed by atoms with Crippen molar-refractivity contribution >= 4 is 45.3 Å². The summed E-state index contributed by atoms with van der Waals surface area (Å²) in [5.41, 5.74) is 3.61. The maximum Gasteiger partial charge on any atom is 0.139 e. The van der Waals surface area contributed by atoms with Gasteiger partial charge in [0.2, 0.25) is 0 Å². The van der Waals surface area contributed by atoms with E-state index in [1.54, 1.807) is 23.1 Å². The first-order valence-corrected chi connectivity index (χ1v) is 7.83. The van der Waals surface area contributed by atoms with Crippen LogP contribution in [0.5, 0.6) is 0 Å². The van der Waals surface area contributed by atoms with Gasteiger partial charge in [0, 0.05) is 5.70 Å². The molecule has 0 fully saturated rings. The molecule has 4 heteroatoms. The maximum atomic E-state index is 5.35. The summed E-state index contributed by atoms with van der Waals surface area (Å²) >= 11 is 8.77. The quantitative estimate of drug-likeness (QED) is 0.820. The van der Waals surface area contributed by atoms with Gasteiger partial charge in [0.15, 0.2) is 0 Å². The lowest BCUT2D eigenvalue weighted by atomic mass is 10.1. The largest absolute Gasteiger partial charge is 0.341 e. The first-order chi connectivity index (χ1) is 8.83. The molecule has 1 aliphatic rings. The van der Waals surface area contributed by atoms with Crippen molar-refractivity contribution in [2.75, 3.05) is 0 Å². The second-order valence-electron chi connectivity index (χ2n) is 3.95. The van der Waals surface area contributed by atoms with E-state index >= 15 is 0 Å². The minimum Gasteiger partial charge on any atom is -0.341 e. The molecule has 2 heterocycles. The Balaban J connectivity index is 1.97. The Kier molecular flexibility index (Phi) is 3.50. The molecule has 1 aromatic carbocycles. The van der Waals surface area contributed by atoms with Crippen molar-refractivity contribution in [3.8, 4) is 0 Å². The Morgan fingerprint density at radius 1 is 1.11 bits per heavy atom. The highest BCUT2D eigenvalue weighted by Gasteiger charge is 2.20. The van der Waals surface area contributed by atoms with Crippen molar-refractivity contribution in [1.29, 1.82) is 0 Å². The van der Waals surface area contributed by atoms with Crippen LogP contribution in [0.15, 0.2) is 53.2 Å². The molecule has 0 saturated heterocycles. The van der Waals surface area contributed by atoms with Gasteiger partial charge in [0.1, 0.15) is 4.32 Å². The van der Waals surface area contributed by atoms with Crippen LogP contribution in [0.1, 0.15) is 16.4 Å². The predicted octanol–water partition coefficient (Wildman–Crippen LogP) is 4.45. The molecule has 1 aliphatic heterocycles. The van der Waals surface area contributed by atoms with Crippen LogP contribution in [0.2, 0.25) is 0 Å². The van der Waals surface area contributed by atoms with Gasteiger partial charge in [0.25, 0.3) is 0 Å². The molecule has 1 aromatic heterocycles. The number of rotatable bonds is 2. The van der Waals surface area contributed by atoms with Crippen LogP contribution < -0.4 is 5.32 Å². The molecule has 1 atom stereocenters. The van der Waals surface area contributed by atoms with Gasteiger partial charge in [-0.2, -0.15) is 11.3 Å². The lowest BCUT2D eigenvalue weighted by Crippen LogP contribution is -2.22. The average Bonchev–Trinajstić information content (AvgIpc) is 2.93. The molecule has 0 spiro atoms. The second-order valence-corrected chi connectivity index (χ2v) is 6.55. The summed E-state index contributed by atoms with van der Waals surface area (Å²) in [6.45, 7) is 0.